The predicted octanol–water partition coefficient (Wildman–Crippen LogP) is 5.26. The van der Waals surface area contributed by atoms with Crippen LogP contribution in [0.4, 0.5) is 19.3 Å². The summed E-state index contributed by atoms with van der Waals surface area (Å²) in [6.07, 6.45) is 3.07. The van der Waals surface area contributed by atoms with Crippen molar-refractivity contribution in [3.63, 3.8) is 0 Å². The fourth-order valence-corrected chi connectivity index (χ4v) is 5.14. The van der Waals surface area contributed by atoms with Crippen molar-refractivity contribution in [3.8, 4) is 17.2 Å². The lowest BCUT2D eigenvalue weighted by Gasteiger charge is -2.38. The lowest BCUT2D eigenvalue weighted by atomic mass is 10.0. The Labute approximate surface area is 254 Å². The number of likely N-dealkylation sites (tertiary alicyclic amines) is 1. The maximum atomic E-state index is 14.4. The molecule has 0 unspecified atom stereocenters. The zero-order chi connectivity index (χ0) is 31.8. The molecule has 10 nitrogen and oxygen atoms in total. The van der Waals surface area contributed by atoms with Gasteiger partial charge in [-0.25, -0.2) is 13.6 Å². The normalized spacial score (nSPS) is 13.7. The third-order valence-corrected chi connectivity index (χ3v) is 7.58. The van der Waals surface area contributed by atoms with Gasteiger partial charge in [-0.3, -0.25) is 14.5 Å². The van der Waals surface area contributed by atoms with E-state index in [0.717, 1.165) is 50.4 Å². The molecule has 0 aliphatic carbocycles. The molecule has 1 saturated heterocycles. The maximum absolute atomic E-state index is 14.4. The van der Waals surface area contributed by atoms with Crippen LogP contribution in [-0.2, 0) is 6.54 Å². The number of hydrogen-bond acceptors (Lipinski definition) is 6. The number of amides is 4. The van der Waals surface area contributed by atoms with E-state index in [9.17, 15) is 23.2 Å². The Bertz CT molecular complexity index is 1490. The van der Waals surface area contributed by atoms with Crippen LogP contribution in [0.25, 0.3) is 0 Å². The van der Waals surface area contributed by atoms with Gasteiger partial charge in [0.05, 0.1) is 18.4 Å². The summed E-state index contributed by atoms with van der Waals surface area (Å²) in [6.45, 7) is 4.71. The van der Waals surface area contributed by atoms with Gasteiger partial charge in [-0.05, 0) is 61.2 Å². The van der Waals surface area contributed by atoms with Gasteiger partial charge in [0.25, 0.3) is 5.91 Å². The summed E-state index contributed by atoms with van der Waals surface area (Å²) in [6, 6.07) is 13.3. The molecule has 1 aliphatic rings. The first-order chi connectivity index (χ1) is 21.1. The van der Waals surface area contributed by atoms with Crippen molar-refractivity contribution in [2.75, 3.05) is 32.1 Å². The number of urea groups is 1. The summed E-state index contributed by atoms with van der Waals surface area (Å²) in [5.74, 6) is -2.21. The van der Waals surface area contributed by atoms with Gasteiger partial charge in [0, 0.05) is 43.9 Å². The second-order valence-electron chi connectivity index (χ2n) is 10.6. The van der Waals surface area contributed by atoms with Gasteiger partial charge in [-0.15, -0.1) is 0 Å². The largest absolute Gasteiger partial charge is 0.493 e. The van der Waals surface area contributed by atoms with Crippen LogP contribution in [0.2, 0.25) is 0 Å². The Kier molecular flexibility index (Phi) is 10.7. The number of nitrogens with one attached hydrogen (secondary N) is 1. The molecule has 4 rings (SSSR count). The second-order valence-corrected chi connectivity index (χ2v) is 10.6. The quantitative estimate of drug-likeness (QED) is 0.256. The van der Waals surface area contributed by atoms with Crippen LogP contribution in [0.15, 0.2) is 54.6 Å². The molecule has 1 heterocycles. The molecule has 0 bridgehead atoms. The Morgan fingerprint density at radius 2 is 1.66 bits per heavy atom. The summed E-state index contributed by atoms with van der Waals surface area (Å²) in [5.41, 5.74) is 11.2. The van der Waals surface area contributed by atoms with Gasteiger partial charge in [0.2, 0.25) is 5.91 Å². The van der Waals surface area contributed by atoms with Gasteiger partial charge < -0.3 is 31.2 Å². The van der Waals surface area contributed by atoms with Gasteiger partial charge in [0.15, 0.2) is 11.5 Å². The zero-order valence-corrected chi connectivity index (χ0v) is 24.8. The molecule has 3 aromatic carbocycles. The van der Waals surface area contributed by atoms with Crippen molar-refractivity contribution in [1.29, 1.82) is 0 Å². The number of carbonyl (C=O) groups excluding carboxylic acids is 3. The number of ether oxygens (including phenoxy) is 2. The first-order valence-corrected chi connectivity index (χ1v) is 14.4. The van der Waals surface area contributed by atoms with E-state index in [1.54, 1.807) is 17.0 Å². The van der Waals surface area contributed by atoms with Crippen molar-refractivity contribution in [3.05, 3.63) is 82.9 Å². The average Bonchev–Trinajstić information content (AvgIpc) is 3.00. The number of methoxy groups -OCH3 is 1. The van der Waals surface area contributed by atoms with Gasteiger partial charge in [-0.2, -0.15) is 0 Å². The lowest BCUT2D eigenvalue weighted by Crippen LogP contribution is -2.49. The SMILES string of the molecule is CCCCN(C(=O)Nc1cc(C(N)=O)c(F)cc1F)C1CCN(Cc2ccc(Oc3ccc(C(N)=O)cc3OC)cc2)CC1. The Balaban J connectivity index is 1.35. The molecule has 12 heteroatoms. The minimum Gasteiger partial charge on any atom is -0.493 e. The third kappa shape index (κ3) is 8.01. The predicted molar refractivity (Wildman–Crippen MR) is 162 cm³/mol. The Morgan fingerprint density at radius 1 is 0.955 bits per heavy atom. The molecule has 4 amide bonds. The van der Waals surface area contributed by atoms with E-state index in [2.05, 4.69) is 10.2 Å². The van der Waals surface area contributed by atoms with E-state index in [0.29, 0.717) is 42.0 Å². The van der Waals surface area contributed by atoms with Crippen LogP contribution in [0.3, 0.4) is 0 Å². The van der Waals surface area contributed by atoms with E-state index in [1.165, 1.54) is 13.2 Å². The molecule has 5 N–H and O–H groups in total. The number of anilines is 1. The molecule has 1 aliphatic heterocycles. The van der Waals surface area contributed by atoms with E-state index >= 15 is 0 Å². The highest BCUT2D eigenvalue weighted by molar-refractivity contribution is 5.96. The highest BCUT2D eigenvalue weighted by atomic mass is 19.1. The standard InChI is InChI=1S/C32H37F2N5O5/c1-3-4-13-39(32(42)37-27-17-24(31(36)41)25(33)18-26(27)34)22-11-14-38(15-12-22)19-20-5-8-23(9-6-20)44-28-10-7-21(30(35)40)16-29(28)43-2/h5-10,16-18,22H,3-4,11-15,19H2,1-2H3,(H2,35,40)(H2,36,41)(H,37,42). The first kappa shape index (κ1) is 32.2. The maximum Gasteiger partial charge on any atom is 0.322 e. The van der Waals surface area contributed by atoms with E-state index in [1.807, 2.05) is 31.2 Å². The van der Waals surface area contributed by atoms with Crippen LogP contribution < -0.4 is 26.3 Å². The summed E-state index contributed by atoms with van der Waals surface area (Å²) >= 11 is 0. The smallest absolute Gasteiger partial charge is 0.322 e. The molecule has 3 aromatic rings. The number of primary amides is 2. The zero-order valence-electron chi connectivity index (χ0n) is 24.8. The summed E-state index contributed by atoms with van der Waals surface area (Å²) < 4.78 is 39.6. The number of nitrogens with zero attached hydrogens (tertiary/aromatic N) is 2. The second kappa shape index (κ2) is 14.6. The van der Waals surface area contributed by atoms with Crippen LogP contribution >= 0.6 is 0 Å². The molecule has 0 aromatic heterocycles. The molecule has 44 heavy (non-hydrogen) atoms. The molecule has 0 saturated carbocycles. The number of unbranched alkanes of at least 4 members (excludes halogenated alkanes) is 1. The van der Waals surface area contributed by atoms with Crippen molar-refractivity contribution >= 4 is 23.5 Å². The van der Waals surface area contributed by atoms with Crippen molar-refractivity contribution in [2.45, 2.75) is 45.2 Å². The van der Waals surface area contributed by atoms with Crippen molar-refractivity contribution in [1.82, 2.24) is 9.80 Å². The molecule has 0 atom stereocenters. The molecule has 234 valence electrons. The number of hydrogen-bond donors (Lipinski definition) is 3. The highest BCUT2D eigenvalue weighted by Crippen LogP contribution is 2.32. The number of halogens is 2. The molecule has 0 spiro atoms. The highest BCUT2D eigenvalue weighted by Gasteiger charge is 2.28. The number of rotatable bonds is 12. The van der Waals surface area contributed by atoms with E-state index in [4.69, 9.17) is 20.9 Å². The fraction of sp³-hybridized carbons (Fsp3) is 0.344. The number of carbonyl (C=O) groups is 3. The third-order valence-electron chi connectivity index (χ3n) is 7.58. The van der Waals surface area contributed by atoms with Gasteiger partial charge >= 0.3 is 6.03 Å². The summed E-state index contributed by atoms with van der Waals surface area (Å²) in [7, 11) is 1.49. The molecular weight excluding hydrogens is 572 g/mol. The minimum atomic E-state index is -1.08. The van der Waals surface area contributed by atoms with Crippen LogP contribution in [0.1, 0.15) is 58.9 Å². The van der Waals surface area contributed by atoms with Crippen molar-refractivity contribution < 1.29 is 32.6 Å². The molecular formula is C32H37F2N5O5. The van der Waals surface area contributed by atoms with Crippen LogP contribution in [0, 0.1) is 11.6 Å². The van der Waals surface area contributed by atoms with Gasteiger partial charge in [-0.1, -0.05) is 25.5 Å². The number of nitrogens with two attached hydrogens (primary N) is 2. The van der Waals surface area contributed by atoms with E-state index < -0.39 is 35.0 Å². The Hall–Kier alpha value is -4.71. The summed E-state index contributed by atoms with van der Waals surface area (Å²) in [5, 5.41) is 2.51. The monoisotopic (exact) mass is 609 g/mol. The van der Waals surface area contributed by atoms with Crippen LogP contribution in [-0.4, -0.2) is 60.4 Å². The first-order valence-electron chi connectivity index (χ1n) is 14.4. The van der Waals surface area contributed by atoms with Crippen LogP contribution in [0.5, 0.6) is 17.2 Å². The number of benzene rings is 3. The lowest BCUT2D eigenvalue weighted by molar-refractivity contribution is 0.0989. The topological polar surface area (TPSA) is 140 Å². The van der Waals surface area contributed by atoms with E-state index in [-0.39, 0.29) is 11.7 Å². The minimum absolute atomic E-state index is 0.0661. The fourth-order valence-electron chi connectivity index (χ4n) is 5.14. The number of piperidine rings is 1. The molecule has 1 fully saturated rings. The Morgan fingerprint density at radius 3 is 2.27 bits per heavy atom. The summed E-state index contributed by atoms with van der Waals surface area (Å²) in [4.78, 5) is 40.2. The average molecular weight is 610 g/mol. The van der Waals surface area contributed by atoms with Gasteiger partial charge in [0.1, 0.15) is 17.4 Å². The van der Waals surface area contributed by atoms with Crippen molar-refractivity contribution in [2.24, 2.45) is 11.5 Å². The molecule has 0 radical (unpaired) electrons.